The molecule has 1 aromatic carbocycles. The number of nitrogens with zero attached hydrogens (tertiary/aromatic N) is 1. The van der Waals surface area contributed by atoms with Crippen LogP contribution in [0.4, 0.5) is 0 Å². The molecule has 1 rings (SSSR count). The van der Waals surface area contributed by atoms with E-state index in [9.17, 15) is 8.42 Å². The van der Waals surface area contributed by atoms with Crippen LogP contribution in [0.3, 0.4) is 0 Å². The van der Waals surface area contributed by atoms with Gasteiger partial charge >= 0.3 is 0 Å². The highest BCUT2D eigenvalue weighted by atomic mass is 32.2. The number of hydrogen-bond donors (Lipinski definition) is 1. The molecule has 0 saturated carbocycles. The van der Waals surface area contributed by atoms with Crippen molar-refractivity contribution in [3.8, 4) is 0 Å². The normalized spacial score (nSPS) is 14.4. The Morgan fingerprint density at radius 1 is 1.35 bits per heavy atom. The lowest BCUT2D eigenvalue weighted by molar-refractivity contribution is 0.171. The summed E-state index contributed by atoms with van der Waals surface area (Å²) in [6.07, 6.45) is 0.855. The van der Waals surface area contributed by atoms with Gasteiger partial charge < -0.3 is 5.11 Å². The zero-order valence-electron chi connectivity index (χ0n) is 9.95. The van der Waals surface area contributed by atoms with E-state index < -0.39 is 16.1 Å². The lowest BCUT2D eigenvalue weighted by Gasteiger charge is -2.15. The molecule has 1 N–H and O–H groups in total. The third-order valence-corrected chi connectivity index (χ3v) is 3.69. The minimum atomic E-state index is -3.46. The Morgan fingerprint density at radius 3 is 2.47 bits per heavy atom. The predicted octanol–water partition coefficient (Wildman–Crippen LogP) is 1.30. The van der Waals surface area contributed by atoms with Gasteiger partial charge in [0.15, 0.2) is 0 Å². The monoisotopic (exact) mass is 255 g/mol. The second-order valence-electron chi connectivity index (χ2n) is 3.89. The Balaban J connectivity index is 2.76. The SMILES string of the molecule is CC(O)CN(C)S(=O)(=O)C=Cc1ccccc1. The van der Waals surface area contributed by atoms with E-state index in [4.69, 9.17) is 5.11 Å². The molecule has 0 radical (unpaired) electrons. The third-order valence-electron chi connectivity index (χ3n) is 2.19. The van der Waals surface area contributed by atoms with E-state index in [1.54, 1.807) is 6.92 Å². The van der Waals surface area contributed by atoms with E-state index in [1.165, 1.54) is 13.1 Å². The van der Waals surface area contributed by atoms with Gasteiger partial charge in [0.1, 0.15) is 0 Å². The van der Waals surface area contributed by atoms with Crippen molar-refractivity contribution in [1.29, 1.82) is 0 Å². The lowest BCUT2D eigenvalue weighted by atomic mass is 10.2. The van der Waals surface area contributed by atoms with E-state index in [-0.39, 0.29) is 6.54 Å². The van der Waals surface area contributed by atoms with Gasteiger partial charge in [-0.05, 0) is 18.6 Å². The van der Waals surface area contributed by atoms with Gasteiger partial charge in [-0.2, -0.15) is 4.31 Å². The third kappa shape index (κ3) is 4.68. The fraction of sp³-hybridized carbons (Fsp3) is 0.333. The van der Waals surface area contributed by atoms with Crippen LogP contribution in [0.2, 0.25) is 0 Å². The number of benzene rings is 1. The Morgan fingerprint density at radius 2 is 1.94 bits per heavy atom. The second kappa shape index (κ2) is 5.95. The van der Waals surface area contributed by atoms with Crippen molar-refractivity contribution in [3.63, 3.8) is 0 Å². The smallest absolute Gasteiger partial charge is 0.236 e. The summed E-state index contributed by atoms with van der Waals surface area (Å²) in [5, 5.41) is 10.3. The fourth-order valence-electron chi connectivity index (χ4n) is 1.31. The summed E-state index contributed by atoms with van der Waals surface area (Å²) in [6, 6.07) is 9.18. The zero-order chi connectivity index (χ0) is 12.9. The quantitative estimate of drug-likeness (QED) is 0.862. The molecule has 0 amide bonds. The second-order valence-corrected chi connectivity index (χ2v) is 5.81. The zero-order valence-corrected chi connectivity index (χ0v) is 10.8. The molecular weight excluding hydrogens is 238 g/mol. The van der Waals surface area contributed by atoms with Crippen LogP contribution in [-0.2, 0) is 10.0 Å². The van der Waals surface area contributed by atoms with Crippen LogP contribution in [0.15, 0.2) is 35.7 Å². The summed E-state index contributed by atoms with van der Waals surface area (Å²) in [5.74, 6) is 0. The first-order chi connectivity index (χ1) is 7.92. The molecule has 1 unspecified atom stereocenters. The van der Waals surface area contributed by atoms with Crippen molar-refractivity contribution in [2.24, 2.45) is 0 Å². The average Bonchev–Trinajstić information content (AvgIpc) is 2.27. The molecule has 0 spiro atoms. The molecule has 1 aromatic rings. The Bertz CT molecular complexity index is 466. The highest BCUT2D eigenvalue weighted by molar-refractivity contribution is 7.92. The molecule has 0 bridgehead atoms. The molecule has 0 aliphatic heterocycles. The van der Waals surface area contributed by atoms with Gasteiger partial charge in [-0.1, -0.05) is 30.3 Å². The van der Waals surface area contributed by atoms with Crippen LogP contribution in [0, 0.1) is 0 Å². The van der Waals surface area contributed by atoms with Gasteiger partial charge in [-0.25, -0.2) is 8.42 Å². The molecule has 4 nitrogen and oxygen atoms in total. The van der Waals surface area contributed by atoms with Gasteiger partial charge in [0.2, 0.25) is 10.0 Å². The maximum absolute atomic E-state index is 11.8. The molecule has 17 heavy (non-hydrogen) atoms. The first-order valence-electron chi connectivity index (χ1n) is 5.29. The lowest BCUT2D eigenvalue weighted by Crippen LogP contribution is -2.31. The molecule has 0 heterocycles. The molecular formula is C12H17NO3S. The average molecular weight is 255 g/mol. The van der Waals surface area contributed by atoms with Crippen molar-refractivity contribution < 1.29 is 13.5 Å². The van der Waals surface area contributed by atoms with Crippen molar-refractivity contribution in [3.05, 3.63) is 41.3 Å². The molecule has 0 saturated heterocycles. The molecule has 1 atom stereocenters. The summed E-state index contributed by atoms with van der Waals surface area (Å²) >= 11 is 0. The highest BCUT2D eigenvalue weighted by Crippen LogP contribution is 2.06. The first kappa shape index (κ1) is 13.9. The molecule has 94 valence electrons. The van der Waals surface area contributed by atoms with Crippen molar-refractivity contribution >= 4 is 16.1 Å². The number of rotatable bonds is 5. The number of aliphatic hydroxyl groups is 1. The van der Waals surface area contributed by atoms with Gasteiger partial charge in [0.25, 0.3) is 0 Å². The van der Waals surface area contributed by atoms with Gasteiger partial charge in [0, 0.05) is 19.0 Å². The fourth-order valence-corrected chi connectivity index (χ4v) is 2.27. The number of hydrogen-bond acceptors (Lipinski definition) is 3. The van der Waals surface area contributed by atoms with E-state index >= 15 is 0 Å². The van der Waals surface area contributed by atoms with Crippen LogP contribution < -0.4 is 0 Å². The number of aliphatic hydroxyl groups excluding tert-OH is 1. The maximum atomic E-state index is 11.8. The minimum absolute atomic E-state index is 0.0848. The molecule has 0 aliphatic carbocycles. The van der Waals surface area contributed by atoms with Crippen LogP contribution in [0.5, 0.6) is 0 Å². The summed E-state index contributed by atoms with van der Waals surface area (Å²) in [5.41, 5.74) is 0.821. The number of likely N-dealkylation sites (N-methyl/N-ethyl adjacent to an activating group) is 1. The molecule has 0 aliphatic rings. The van der Waals surface area contributed by atoms with E-state index in [0.717, 1.165) is 15.3 Å². The predicted molar refractivity (Wildman–Crippen MR) is 68.7 cm³/mol. The van der Waals surface area contributed by atoms with E-state index in [1.807, 2.05) is 30.3 Å². The Hall–Kier alpha value is -1.17. The van der Waals surface area contributed by atoms with Crippen LogP contribution in [0.1, 0.15) is 12.5 Å². The molecule has 0 fully saturated rings. The molecule has 5 heteroatoms. The van der Waals surface area contributed by atoms with Crippen LogP contribution >= 0.6 is 0 Å². The van der Waals surface area contributed by atoms with Crippen molar-refractivity contribution in [2.75, 3.05) is 13.6 Å². The summed E-state index contributed by atoms with van der Waals surface area (Å²) in [7, 11) is -2.02. The number of sulfonamides is 1. The van der Waals surface area contributed by atoms with Crippen molar-refractivity contribution in [2.45, 2.75) is 13.0 Å². The van der Waals surface area contributed by atoms with Gasteiger partial charge in [0.05, 0.1) is 6.10 Å². The highest BCUT2D eigenvalue weighted by Gasteiger charge is 2.15. The standard InChI is InChI=1S/C12H17NO3S/c1-11(14)10-13(2)17(15,16)9-8-12-6-4-3-5-7-12/h3-9,11,14H,10H2,1-2H3. The maximum Gasteiger partial charge on any atom is 0.236 e. The minimum Gasteiger partial charge on any atom is -0.392 e. The van der Waals surface area contributed by atoms with Crippen molar-refractivity contribution in [1.82, 2.24) is 4.31 Å². The summed E-state index contributed by atoms with van der Waals surface area (Å²) in [6.45, 7) is 1.63. The summed E-state index contributed by atoms with van der Waals surface area (Å²) in [4.78, 5) is 0. The summed E-state index contributed by atoms with van der Waals surface area (Å²) < 4.78 is 24.7. The van der Waals surface area contributed by atoms with Crippen LogP contribution in [-0.4, -0.2) is 37.5 Å². The van der Waals surface area contributed by atoms with Crippen LogP contribution in [0.25, 0.3) is 6.08 Å². The van der Waals surface area contributed by atoms with E-state index in [0.29, 0.717) is 0 Å². The van der Waals surface area contributed by atoms with Gasteiger partial charge in [-0.3, -0.25) is 0 Å². The Kier molecular flexibility index (Phi) is 4.86. The van der Waals surface area contributed by atoms with Gasteiger partial charge in [-0.15, -0.1) is 0 Å². The first-order valence-corrected chi connectivity index (χ1v) is 6.79. The van der Waals surface area contributed by atoms with E-state index in [2.05, 4.69) is 0 Å². The largest absolute Gasteiger partial charge is 0.392 e. The molecule has 0 aromatic heterocycles. The Labute approximate surface area is 102 Å². The topological polar surface area (TPSA) is 57.6 Å².